The summed E-state index contributed by atoms with van der Waals surface area (Å²) in [5, 5.41) is 5.64. The van der Waals surface area contributed by atoms with E-state index in [0.29, 0.717) is 15.8 Å². The van der Waals surface area contributed by atoms with Crippen molar-refractivity contribution in [3.63, 3.8) is 0 Å². The third-order valence-electron chi connectivity index (χ3n) is 3.58. The van der Waals surface area contributed by atoms with Gasteiger partial charge in [0.05, 0.1) is 15.6 Å². The molecule has 25 heavy (non-hydrogen) atoms. The molecule has 0 saturated heterocycles. The Morgan fingerprint density at radius 2 is 1.92 bits per heavy atom. The van der Waals surface area contributed by atoms with Crippen LogP contribution in [0.15, 0.2) is 65.0 Å². The third-order valence-corrected chi connectivity index (χ3v) is 6.04. The van der Waals surface area contributed by atoms with Crippen LogP contribution >= 0.6 is 22.9 Å². The van der Waals surface area contributed by atoms with Crippen LogP contribution in [0.4, 0.5) is 10.8 Å². The number of sulfonamides is 1. The van der Waals surface area contributed by atoms with E-state index in [-0.39, 0.29) is 10.9 Å². The van der Waals surface area contributed by atoms with Gasteiger partial charge in [0.1, 0.15) is 0 Å². The number of halogens is 1. The van der Waals surface area contributed by atoms with Gasteiger partial charge >= 0.3 is 0 Å². The zero-order valence-corrected chi connectivity index (χ0v) is 15.7. The highest BCUT2D eigenvalue weighted by Crippen LogP contribution is 2.29. The van der Waals surface area contributed by atoms with Gasteiger partial charge in [0.2, 0.25) is 0 Å². The van der Waals surface area contributed by atoms with Crippen LogP contribution in [0.2, 0.25) is 5.02 Å². The van der Waals surface area contributed by atoms with Crippen molar-refractivity contribution in [1.82, 2.24) is 4.98 Å². The highest BCUT2D eigenvalue weighted by molar-refractivity contribution is 7.93. The lowest BCUT2D eigenvalue weighted by atomic mass is 10.1. The summed E-state index contributed by atoms with van der Waals surface area (Å²) in [6.07, 6.45) is 1.54. The fourth-order valence-corrected chi connectivity index (χ4v) is 4.40. The highest BCUT2D eigenvalue weighted by Gasteiger charge is 2.17. The van der Waals surface area contributed by atoms with Crippen molar-refractivity contribution in [2.24, 2.45) is 0 Å². The molecule has 0 aliphatic rings. The van der Waals surface area contributed by atoms with Gasteiger partial charge in [-0.1, -0.05) is 41.9 Å². The van der Waals surface area contributed by atoms with Crippen molar-refractivity contribution < 1.29 is 8.42 Å². The molecule has 0 amide bonds. The van der Waals surface area contributed by atoms with Gasteiger partial charge in [-0.3, -0.25) is 4.72 Å². The van der Waals surface area contributed by atoms with Gasteiger partial charge in [0.15, 0.2) is 5.13 Å². The van der Waals surface area contributed by atoms with Crippen LogP contribution in [-0.4, -0.2) is 13.4 Å². The second-order valence-corrected chi connectivity index (χ2v) is 8.35. The van der Waals surface area contributed by atoms with E-state index in [1.54, 1.807) is 11.4 Å². The summed E-state index contributed by atoms with van der Waals surface area (Å²) in [6, 6.07) is 14.6. The summed E-state index contributed by atoms with van der Waals surface area (Å²) in [5.74, 6) is 0. The van der Waals surface area contributed by atoms with E-state index in [4.69, 9.17) is 11.6 Å². The molecule has 1 atom stereocenters. The first-order chi connectivity index (χ1) is 12.0. The normalized spacial score (nSPS) is 12.6. The van der Waals surface area contributed by atoms with E-state index >= 15 is 0 Å². The lowest BCUT2D eigenvalue weighted by molar-refractivity contribution is 0.601. The summed E-state index contributed by atoms with van der Waals surface area (Å²) < 4.78 is 27.2. The van der Waals surface area contributed by atoms with Gasteiger partial charge in [-0.05, 0) is 30.7 Å². The Labute approximate surface area is 155 Å². The number of anilines is 2. The highest BCUT2D eigenvalue weighted by atomic mass is 35.5. The zero-order chi connectivity index (χ0) is 17.9. The zero-order valence-electron chi connectivity index (χ0n) is 13.3. The summed E-state index contributed by atoms with van der Waals surface area (Å²) in [6.45, 7) is 2.01. The Hall–Kier alpha value is -2.09. The van der Waals surface area contributed by atoms with Crippen LogP contribution in [0.1, 0.15) is 18.5 Å². The molecule has 0 saturated carbocycles. The first-order valence-electron chi connectivity index (χ1n) is 7.49. The first kappa shape index (κ1) is 17.7. The van der Waals surface area contributed by atoms with E-state index in [1.807, 2.05) is 37.3 Å². The molecule has 1 aromatic heterocycles. The van der Waals surface area contributed by atoms with Crippen molar-refractivity contribution in [3.05, 3.63) is 70.7 Å². The lowest BCUT2D eigenvalue weighted by Crippen LogP contribution is -2.13. The predicted molar refractivity (Wildman–Crippen MR) is 103 cm³/mol. The number of nitrogens with one attached hydrogen (secondary N) is 2. The fourth-order valence-electron chi connectivity index (χ4n) is 2.29. The molecule has 0 aliphatic carbocycles. The van der Waals surface area contributed by atoms with Crippen LogP contribution in [0.3, 0.4) is 0 Å². The van der Waals surface area contributed by atoms with Crippen LogP contribution in [0, 0.1) is 0 Å². The molecule has 5 nitrogen and oxygen atoms in total. The topological polar surface area (TPSA) is 71.1 Å². The van der Waals surface area contributed by atoms with E-state index in [9.17, 15) is 8.42 Å². The predicted octanol–water partition coefficient (Wildman–Crippen LogP) is 4.77. The number of hydrogen-bond acceptors (Lipinski definition) is 5. The summed E-state index contributed by atoms with van der Waals surface area (Å²) in [4.78, 5) is 4.01. The second-order valence-electron chi connectivity index (χ2n) is 5.36. The van der Waals surface area contributed by atoms with Gasteiger partial charge in [0.25, 0.3) is 10.0 Å². The molecular formula is C17H16ClN3O2S2. The molecule has 0 radical (unpaired) electrons. The van der Waals surface area contributed by atoms with Gasteiger partial charge in [-0.15, -0.1) is 11.3 Å². The van der Waals surface area contributed by atoms with E-state index in [1.165, 1.54) is 29.7 Å². The Kier molecular flexibility index (Phi) is 5.27. The molecule has 0 bridgehead atoms. The van der Waals surface area contributed by atoms with Crippen molar-refractivity contribution in [2.75, 3.05) is 10.0 Å². The maximum Gasteiger partial charge on any atom is 0.263 e. The van der Waals surface area contributed by atoms with Gasteiger partial charge in [-0.2, -0.15) is 0 Å². The SMILES string of the molecule is CC(Nc1ccc(S(=O)(=O)Nc2nccs2)cc1Cl)c1ccccc1. The molecule has 1 unspecified atom stereocenters. The number of aromatic nitrogens is 1. The van der Waals surface area contributed by atoms with Crippen LogP contribution in [0.5, 0.6) is 0 Å². The molecule has 0 fully saturated rings. The standard InChI is InChI=1S/C17H16ClN3O2S2/c1-12(13-5-3-2-4-6-13)20-16-8-7-14(11-15(16)18)25(22,23)21-17-19-9-10-24-17/h2-12,20H,1H3,(H,19,21). The molecule has 130 valence electrons. The molecule has 0 aliphatic heterocycles. The molecule has 3 aromatic rings. The number of benzene rings is 2. The van der Waals surface area contributed by atoms with Crippen molar-refractivity contribution in [2.45, 2.75) is 17.9 Å². The lowest BCUT2D eigenvalue weighted by Gasteiger charge is -2.17. The number of nitrogens with zero attached hydrogens (tertiary/aromatic N) is 1. The summed E-state index contributed by atoms with van der Waals surface area (Å²) >= 11 is 7.49. The minimum atomic E-state index is -3.72. The van der Waals surface area contributed by atoms with Crippen LogP contribution in [0.25, 0.3) is 0 Å². The summed E-state index contributed by atoms with van der Waals surface area (Å²) in [5.41, 5.74) is 1.78. The van der Waals surface area contributed by atoms with Gasteiger partial charge in [-0.25, -0.2) is 13.4 Å². The smallest absolute Gasteiger partial charge is 0.263 e. The first-order valence-corrected chi connectivity index (χ1v) is 10.2. The van der Waals surface area contributed by atoms with Crippen molar-refractivity contribution >= 4 is 43.8 Å². The fraction of sp³-hybridized carbons (Fsp3) is 0.118. The largest absolute Gasteiger partial charge is 0.377 e. The quantitative estimate of drug-likeness (QED) is 0.632. The molecule has 3 rings (SSSR count). The maximum atomic E-state index is 12.4. The number of hydrogen-bond donors (Lipinski definition) is 2. The van der Waals surface area contributed by atoms with Crippen LogP contribution < -0.4 is 10.0 Å². The number of rotatable bonds is 6. The van der Waals surface area contributed by atoms with Crippen LogP contribution in [-0.2, 0) is 10.0 Å². The number of thiazole rings is 1. The molecule has 2 N–H and O–H groups in total. The third kappa shape index (κ3) is 4.31. The van der Waals surface area contributed by atoms with E-state index in [2.05, 4.69) is 15.0 Å². The Morgan fingerprint density at radius 1 is 1.16 bits per heavy atom. The Morgan fingerprint density at radius 3 is 2.56 bits per heavy atom. The second kappa shape index (κ2) is 7.43. The van der Waals surface area contributed by atoms with Crippen molar-refractivity contribution in [1.29, 1.82) is 0 Å². The molecule has 8 heteroatoms. The average Bonchev–Trinajstić information content (AvgIpc) is 3.09. The van der Waals surface area contributed by atoms with E-state index < -0.39 is 10.0 Å². The van der Waals surface area contributed by atoms with Gasteiger partial charge < -0.3 is 5.32 Å². The van der Waals surface area contributed by atoms with Gasteiger partial charge in [0, 0.05) is 17.6 Å². The average molecular weight is 394 g/mol. The monoisotopic (exact) mass is 393 g/mol. The minimum absolute atomic E-state index is 0.0367. The molecule has 2 aromatic carbocycles. The van der Waals surface area contributed by atoms with E-state index in [0.717, 1.165) is 5.56 Å². The molecule has 0 spiro atoms. The molecule has 1 heterocycles. The Bertz CT molecular complexity index is 945. The summed E-state index contributed by atoms with van der Waals surface area (Å²) in [7, 11) is -3.72. The minimum Gasteiger partial charge on any atom is -0.377 e. The maximum absolute atomic E-state index is 12.4. The van der Waals surface area contributed by atoms with Crippen molar-refractivity contribution in [3.8, 4) is 0 Å². The molecular weight excluding hydrogens is 378 g/mol. The Balaban J connectivity index is 1.79.